The first kappa shape index (κ1) is 7.64. The molecule has 0 amide bonds. The van der Waals surface area contributed by atoms with Gasteiger partial charge in [-0.05, 0) is 41.9 Å². The molecular weight excluding hydrogens is 132 g/mol. The zero-order chi connectivity index (χ0) is 8.28. The van der Waals surface area contributed by atoms with E-state index in [1.54, 1.807) is 0 Å². The standard InChI is InChI=1S/C11H20/c1-8(2)9(3)10(4)7-11(10)5-6-11/h8-9H,5-7H2,1-4H3. The molecule has 0 aromatic rings. The van der Waals surface area contributed by atoms with Crippen LogP contribution in [0, 0.1) is 22.7 Å². The first-order valence-corrected chi connectivity index (χ1v) is 5.02. The van der Waals surface area contributed by atoms with Gasteiger partial charge in [0.2, 0.25) is 0 Å². The van der Waals surface area contributed by atoms with Crippen molar-refractivity contribution < 1.29 is 0 Å². The highest BCUT2D eigenvalue weighted by Gasteiger charge is 2.72. The van der Waals surface area contributed by atoms with Crippen LogP contribution in [0.3, 0.4) is 0 Å². The Morgan fingerprint density at radius 2 is 1.64 bits per heavy atom. The van der Waals surface area contributed by atoms with Gasteiger partial charge in [-0.2, -0.15) is 0 Å². The van der Waals surface area contributed by atoms with E-state index in [-0.39, 0.29) is 0 Å². The first-order chi connectivity index (χ1) is 5.02. The topological polar surface area (TPSA) is 0 Å². The Hall–Kier alpha value is 0. The van der Waals surface area contributed by atoms with Crippen molar-refractivity contribution in [2.45, 2.75) is 47.0 Å². The van der Waals surface area contributed by atoms with Gasteiger partial charge in [-0.25, -0.2) is 0 Å². The smallest absolute Gasteiger partial charge is 0.0235 e. The highest BCUT2D eigenvalue weighted by atomic mass is 14.8. The van der Waals surface area contributed by atoms with Gasteiger partial charge in [0.25, 0.3) is 0 Å². The van der Waals surface area contributed by atoms with Crippen molar-refractivity contribution in [3.63, 3.8) is 0 Å². The lowest BCUT2D eigenvalue weighted by Gasteiger charge is -2.24. The average molecular weight is 152 g/mol. The van der Waals surface area contributed by atoms with Gasteiger partial charge in [-0.3, -0.25) is 0 Å². The molecule has 0 aromatic heterocycles. The maximum Gasteiger partial charge on any atom is -0.0235 e. The minimum absolute atomic E-state index is 0.737. The van der Waals surface area contributed by atoms with Gasteiger partial charge in [-0.15, -0.1) is 0 Å². The van der Waals surface area contributed by atoms with Crippen molar-refractivity contribution in [1.29, 1.82) is 0 Å². The van der Waals surface area contributed by atoms with Crippen LogP contribution in [0.1, 0.15) is 47.0 Å². The zero-order valence-electron chi connectivity index (χ0n) is 8.28. The molecule has 64 valence electrons. The minimum atomic E-state index is 0.737. The Kier molecular flexibility index (Phi) is 1.28. The van der Waals surface area contributed by atoms with Crippen LogP contribution in [-0.2, 0) is 0 Å². The molecule has 0 saturated heterocycles. The van der Waals surface area contributed by atoms with E-state index in [2.05, 4.69) is 27.7 Å². The summed E-state index contributed by atoms with van der Waals surface area (Å²) in [6, 6.07) is 0. The van der Waals surface area contributed by atoms with E-state index in [0.717, 1.165) is 22.7 Å². The fourth-order valence-electron chi connectivity index (χ4n) is 2.94. The summed E-state index contributed by atoms with van der Waals surface area (Å²) in [6.45, 7) is 9.68. The summed E-state index contributed by atoms with van der Waals surface area (Å²) < 4.78 is 0. The SMILES string of the molecule is CC(C)C(C)C1(C)CC12CC2. The van der Waals surface area contributed by atoms with Gasteiger partial charge >= 0.3 is 0 Å². The van der Waals surface area contributed by atoms with E-state index >= 15 is 0 Å². The van der Waals surface area contributed by atoms with E-state index in [4.69, 9.17) is 0 Å². The Bertz CT molecular complexity index is 176. The summed E-state index contributed by atoms with van der Waals surface area (Å²) in [5.41, 5.74) is 1.60. The lowest BCUT2D eigenvalue weighted by molar-refractivity contribution is 0.247. The van der Waals surface area contributed by atoms with E-state index in [9.17, 15) is 0 Å². The van der Waals surface area contributed by atoms with Crippen molar-refractivity contribution >= 4 is 0 Å². The van der Waals surface area contributed by atoms with Crippen molar-refractivity contribution in [3.8, 4) is 0 Å². The van der Waals surface area contributed by atoms with Crippen molar-refractivity contribution in [3.05, 3.63) is 0 Å². The van der Waals surface area contributed by atoms with Crippen molar-refractivity contribution in [2.24, 2.45) is 22.7 Å². The van der Waals surface area contributed by atoms with Crippen molar-refractivity contribution in [1.82, 2.24) is 0 Å². The molecule has 0 aromatic carbocycles. The molecule has 2 aliphatic rings. The monoisotopic (exact) mass is 152 g/mol. The van der Waals surface area contributed by atoms with Crippen LogP contribution >= 0.6 is 0 Å². The summed E-state index contributed by atoms with van der Waals surface area (Å²) in [6.07, 6.45) is 4.58. The molecule has 0 radical (unpaired) electrons. The van der Waals surface area contributed by atoms with Gasteiger partial charge < -0.3 is 0 Å². The number of hydrogen-bond donors (Lipinski definition) is 0. The average Bonchev–Trinajstić information content (AvgIpc) is 2.76. The minimum Gasteiger partial charge on any atom is -0.0625 e. The number of hydrogen-bond acceptors (Lipinski definition) is 0. The fourth-order valence-corrected chi connectivity index (χ4v) is 2.94. The Balaban J connectivity index is 2.06. The number of rotatable bonds is 2. The maximum absolute atomic E-state index is 2.50. The Morgan fingerprint density at radius 1 is 1.09 bits per heavy atom. The predicted molar refractivity (Wildman–Crippen MR) is 48.4 cm³/mol. The molecule has 2 aliphatic carbocycles. The third kappa shape index (κ3) is 0.816. The normalized spacial score (nSPS) is 41.2. The van der Waals surface area contributed by atoms with Crippen molar-refractivity contribution in [2.75, 3.05) is 0 Å². The second-order valence-electron chi connectivity index (χ2n) is 5.41. The van der Waals surface area contributed by atoms with E-state index in [0.29, 0.717) is 0 Å². The highest BCUT2D eigenvalue weighted by molar-refractivity contribution is 5.21. The van der Waals surface area contributed by atoms with Crippen LogP contribution in [0.4, 0.5) is 0 Å². The second-order valence-corrected chi connectivity index (χ2v) is 5.41. The van der Waals surface area contributed by atoms with Gasteiger partial charge in [-0.1, -0.05) is 27.7 Å². The predicted octanol–water partition coefficient (Wildman–Crippen LogP) is 3.47. The summed E-state index contributed by atoms with van der Waals surface area (Å²) in [5.74, 6) is 1.81. The summed E-state index contributed by atoms with van der Waals surface area (Å²) in [4.78, 5) is 0. The zero-order valence-corrected chi connectivity index (χ0v) is 8.28. The second kappa shape index (κ2) is 1.84. The molecule has 11 heavy (non-hydrogen) atoms. The maximum atomic E-state index is 2.50. The third-order valence-corrected chi connectivity index (χ3v) is 4.65. The van der Waals surface area contributed by atoms with Crippen LogP contribution in [0.5, 0.6) is 0 Å². The molecule has 2 rings (SSSR count). The summed E-state index contributed by atoms with van der Waals surface area (Å²) in [7, 11) is 0. The van der Waals surface area contributed by atoms with Crippen LogP contribution < -0.4 is 0 Å². The third-order valence-electron chi connectivity index (χ3n) is 4.65. The van der Waals surface area contributed by atoms with E-state index in [1.807, 2.05) is 0 Å². The molecular formula is C11H20. The molecule has 2 saturated carbocycles. The molecule has 0 nitrogen and oxygen atoms in total. The van der Waals surface area contributed by atoms with Gasteiger partial charge in [0.1, 0.15) is 0 Å². The van der Waals surface area contributed by atoms with E-state index in [1.165, 1.54) is 19.3 Å². The first-order valence-electron chi connectivity index (χ1n) is 5.02. The molecule has 0 bridgehead atoms. The largest absolute Gasteiger partial charge is 0.0625 e. The summed E-state index contributed by atoms with van der Waals surface area (Å²) >= 11 is 0. The Morgan fingerprint density at radius 3 is 1.91 bits per heavy atom. The molecule has 0 heterocycles. The highest BCUT2D eigenvalue weighted by Crippen LogP contribution is 2.81. The van der Waals surface area contributed by atoms with E-state index < -0.39 is 0 Å². The van der Waals surface area contributed by atoms with Crippen LogP contribution in [0.2, 0.25) is 0 Å². The Labute approximate surface area is 70.4 Å². The molecule has 2 fully saturated rings. The van der Waals surface area contributed by atoms with Crippen LogP contribution in [0.25, 0.3) is 0 Å². The molecule has 0 aliphatic heterocycles. The fraction of sp³-hybridized carbons (Fsp3) is 1.00. The van der Waals surface area contributed by atoms with Gasteiger partial charge in [0.15, 0.2) is 0 Å². The summed E-state index contributed by atoms with van der Waals surface area (Å²) in [5, 5.41) is 0. The molecule has 2 atom stereocenters. The van der Waals surface area contributed by atoms with Gasteiger partial charge in [0.05, 0.1) is 0 Å². The molecule has 0 heteroatoms. The van der Waals surface area contributed by atoms with Gasteiger partial charge in [0, 0.05) is 0 Å². The molecule has 1 spiro atoms. The quantitative estimate of drug-likeness (QED) is 0.568. The lowest BCUT2D eigenvalue weighted by atomic mass is 9.81. The molecule has 2 unspecified atom stereocenters. The lowest BCUT2D eigenvalue weighted by Crippen LogP contribution is -2.17. The van der Waals surface area contributed by atoms with Crippen LogP contribution in [-0.4, -0.2) is 0 Å². The van der Waals surface area contributed by atoms with Crippen LogP contribution in [0.15, 0.2) is 0 Å². The molecule has 0 N–H and O–H groups in total.